The molecule has 98 valence electrons. The zero-order valence-corrected chi connectivity index (χ0v) is 10.4. The zero-order chi connectivity index (χ0) is 13.2. The molecule has 0 saturated carbocycles. The molecule has 0 aromatic rings. The first-order chi connectivity index (χ1) is 8.77. The van der Waals surface area contributed by atoms with Gasteiger partial charge >= 0.3 is 0 Å². The van der Waals surface area contributed by atoms with Gasteiger partial charge in [-0.25, -0.2) is 0 Å². The molecule has 1 heterocycles. The minimum atomic E-state index is -0.449. The second-order valence-electron chi connectivity index (χ2n) is 4.11. The summed E-state index contributed by atoms with van der Waals surface area (Å²) in [6.07, 6.45) is 8.79. The van der Waals surface area contributed by atoms with Gasteiger partial charge in [-0.15, -0.1) is 0 Å². The molecular weight excluding hydrogens is 230 g/mol. The number of likely N-dealkylation sites (tertiary alicyclic amines) is 1. The van der Waals surface area contributed by atoms with E-state index >= 15 is 0 Å². The quantitative estimate of drug-likeness (QED) is 0.424. The third-order valence-corrected chi connectivity index (χ3v) is 2.71. The largest absolute Gasteiger partial charge is 0.395 e. The third-order valence-electron chi connectivity index (χ3n) is 2.71. The number of rotatable bonds is 5. The monoisotopic (exact) mass is 249 g/mol. The Morgan fingerprint density at radius 1 is 1.39 bits per heavy atom. The van der Waals surface area contributed by atoms with Crippen molar-refractivity contribution >= 4 is 5.91 Å². The van der Waals surface area contributed by atoms with Crippen LogP contribution in [-0.2, 0) is 4.79 Å². The van der Waals surface area contributed by atoms with Crippen LogP contribution in [0, 0.1) is 11.3 Å². The lowest BCUT2D eigenvalue weighted by Gasteiger charge is -2.24. The molecule has 1 aliphatic heterocycles. The summed E-state index contributed by atoms with van der Waals surface area (Å²) in [6.45, 7) is 2.09. The summed E-state index contributed by atoms with van der Waals surface area (Å²) in [4.78, 5) is 13.6. The minimum Gasteiger partial charge on any atom is -0.395 e. The van der Waals surface area contributed by atoms with Crippen LogP contribution in [0.15, 0.2) is 23.9 Å². The second-order valence-corrected chi connectivity index (χ2v) is 4.11. The number of carbonyl (C=O) groups is 1. The lowest BCUT2D eigenvalue weighted by Crippen LogP contribution is -2.27. The predicted molar refractivity (Wildman–Crippen MR) is 68.4 cm³/mol. The van der Waals surface area contributed by atoms with E-state index in [0.717, 1.165) is 13.1 Å². The SMILES string of the molecule is N#CC(=CC=CN1CCCCC1)C(=O)NCCO. The molecule has 0 aliphatic carbocycles. The number of nitrogens with one attached hydrogen (secondary N) is 1. The predicted octanol–water partition coefficient (Wildman–Crippen LogP) is 0.544. The van der Waals surface area contributed by atoms with E-state index in [0.29, 0.717) is 0 Å². The summed E-state index contributed by atoms with van der Waals surface area (Å²) >= 11 is 0. The van der Waals surface area contributed by atoms with E-state index in [4.69, 9.17) is 10.4 Å². The van der Waals surface area contributed by atoms with Crippen LogP contribution in [0.5, 0.6) is 0 Å². The van der Waals surface area contributed by atoms with Crippen LogP contribution in [0.3, 0.4) is 0 Å². The molecule has 0 bridgehead atoms. The van der Waals surface area contributed by atoms with E-state index < -0.39 is 5.91 Å². The molecule has 5 heteroatoms. The average molecular weight is 249 g/mol. The number of hydrogen-bond donors (Lipinski definition) is 2. The highest BCUT2D eigenvalue weighted by Crippen LogP contribution is 2.08. The van der Waals surface area contributed by atoms with E-state index in [2.05, 4.69) is 10.2 Å². The topological polar surface area (TPSA) is 76.4 Å². The number of piperidine rings is 1. The standard InChI is InChI=1S/C13H19N3O2/c14-11-12(13(18)15-6-10-17)5-4-9-16-7-2-1-3-8-16/h4-5,9,17H,1-3,6-8,10H2,(H,15,18). The molecule has 0 aromatic carbocycles. The highest BCUT2D eigenvalue weighted by molar-refractivity contribution is 5.97. The maximum Gasteiger partial charge on any atom is 0.262 e. The first kappa shape index (κ1) is 14.3. The summed E-state index contributed by atoms with van der Waals surface area (Å²) in [5, 5.41) is 19.9. The van der Waals surface area contributed by atoms with Crippen molar-refractivity contribution in [1.29, 1.82) is 5.26 Å². The molecule has 1 saturated heterocycles. The maximum atomic E-state index is 11.5. The lowest BCUT2D eigenvalue weighted by molar-refractivity contribution is -0.117. The van der Waals surface area contributed by atoms with Crippen molar-refractivity contribution < 1.29 is 9.90 Å². The van der Waals surface area contributed by atoms with Gasteiger partial charge in [0.2, 0.25) is 0 Å². The molecule has 0 spiro atoms. The third kappa shape index (κ3) is 5.02. The molecular formula is C13H19N3O2. The van der Waals surface area contributed by atoms with Crippen LogP contribution in [0.2, 0.25) is 0 Å². The number of hydrogen-bond acceptors (Lipinski definition) is 4. The van der Waals surface area contributed by atoms with Crippen molar-refractivity contribution in [3.63, 3.8) is 0 Å². The van der Waals surface area contributed by atoms with Gasteiger partial charge in [0, 0.05) is 19.6 Å². The fourth-order valence-electron chi connectivity index (χ4n) is 1.76. The van der Waals surface area contributed by atoms with Gasteiger partial charge in [0.15, 0.2) is 0 Å². The van der Waals surface area contributed by atoms with Crippen molar-refractivity contribution in [2.45, 2.75) is 19.3 Å². The maximum absolute atomic E-state index is 11.5. The van der Waals surface area contributed by atoms with E-state index in [1.807, 2.05) is 12.3 Å². The highest BCUT2D eigenvalue weighted by atomic mass is 16.3. The zero-order valence-electron chi connectivity index (χ0n) is 10.4. The number of allylic oxidation sites excluding steroid dienone is 2. The molecule has 1 amide bonds. The molecule has 18 heavy (non-hydrogen) atoms. The molecule has 1 aliphatic rings. The van der Waals surface area contributed by atoms with Crippen LogP contribution >= 0.6 is 0 Å². The number of carbonyl (C=O) groups excluding carboxylic acids is 1. The van der Waals surface area contributed by atoms with Crippen LogP contribution < -0.4 is 5.32 Å². The minimum absolute atomic E-state index is 0.0525. The van der Waals surface area contributed by atoms with Crippen LogP contribution in [-0.4, -0.2) is 42.2 Å². The van der Waals surface area contributed by atoms with Crippen molar-refractivity contribution in [2.24, 2.45) is 0 Å². The van der Waals surface area contributed by atoms with Crippen molar-refractivity contribution in [2.75, 3.05) is 26.2 Å². The van der Waals surface area contributed by atoms with Gasteiger partial charge in [-0.2, -0.15) is 5.26 Å². The van der Waals surface area contributed by atoms with Crippen LogP contribution in [0.1, 0.15) is 19.3 Å². The molecule has 1 rings (SSSR count). The molecule has 0 atom stereocenters. The Balaban J connectivity index is 2.48. The summed E-state index contributed by atoms with van der Waals surface area (Å²) < 4.78 is 0. The summed E-state index contributed by atoms with van der Waals surface area (Å²) in [5.41, 5.74) is 0.0525. The van der Waals surface area contributed by atoms with Gasteiger partial charge in [0.1, 0.15) is 11.6 Å². The first-order valence-corrected chi connectivity index (χ1v) is 6.19. The van der Waals surface area contributed by atoms with Crippen LogP contribution in [0.25, 0.3) is 0 Å². The van der Waals surface area contributed by atoms with Gasteiger partial charge in [-0.3, -0.25) is 4.79 Å². The van der Waals surface area contributed by atoms with Gasteiger partial charge in [-0.05, 0) is 37.6 Å². The number of nitrogens with zero attached hydrogens (tertiary/aromatic N) is 2. The van der Waals surface area contributed by atoms with Gasteiger partial charge in [0.05, 0.1) is 6.61 Å². The van der Waals surface area contributed by atoms with E-state index in [-0.39, 0.29) is 18.7 Å². The fraction of sp³-hybridized carbons (Fsp3) is 0.538. The highest BCUT2D eigenvalue weighted by Gasteiger charge is 2.07. The summed E-state index contributed by atoms with van der Waals surface area (Å²) in [5.74, 6) is -0.449. The Labute approximate surface area is 107 Å². The Kier molecular flexibility index (Phi) is 6.59. The molecule has 1 fully saturated rings. The van der Waals surface area contributed by atoms with E-state index in [1.165, 1.54) is 25.3 Å². The number of aliphatic hydroxyl groups excluding tert-OH is 1. The molecule has 5 nitrogen and oxygen atoms in total. The fourth-order valence-corrected chi connectivity index (χ4v) is 1.76. The molecule has 0 radical (unpaired) electrons. The molecule has 2 N–H and O–H groups in total. The number of aliphatic hydroxyl groups is 1. The number of amides is 1. The van der Waals surface area contributed by atoms with Crippen molar-refractivity contribution in [3.8, 4) is 6.07 Å². The van der Waals surface area contributed by atoms with E-state index in [1.54, 1.807) is 6.08 Å². The smallest absolute Gasteiger partial charge is 0.262 e. The Hall–Kier alpha value is -1.80. The average Bonchev–Trinajstić information content (AvgIpc) is 2.42. The van der Waals surface area contributed by atoms with Gasteiger partial charge in [-0.1, -0.05) is 0 Å². The molecule has 0 aromatic heterocycles. The van der Waals surface area contributed by atoms with Crippen LogP contribution in [0.4, 0.5) is 0 Å². The normalized spacial score (nSPS) is 16.7. The molecule has 0 unspecified atom stereocenters. The van der Waals surface area contributed by atoms with E-state index in [9.17, 15) is 4.79 Å². The van der Waals surface area contributed by atoms with Gasteiger partial charge < -0.3 is 15.3 Å². The lowest BCUT2D eigenvalue weighted by atomic mass is 10.1. The summed E-state index contributed by atoms with van der Waals surface area (Å²) in [7, 11) is 0. The van der Waals surface area contributed by atoms with Crippen molar-refractivity contribution in [3.05, 3.63) is 23.9 Å². The Morgan fingerprint density at radius 3 is 2.72 bits per heavy atom. The second kappa shape index (κ2) is 8.31. The number of nitriles is 1. The first-order valence-electron chi connectivity index (χ1n) is 6.19. The Bertz CT molecular complexity index is 363. The summed E-state index contributed by atoms with van der Waals surface area (Å²) in [6, 6.07) is 1.85. The van der Waals surface area contributed by atoms with Crippen molar-refractivity contribution in [1.82, 2.24) is 10.2 Å². The Morgan fingerprint density at radius 2 is 2.11 bits per heavy atom. The van der Waals surface area contributed by atoms with Gasteiger partial charge in [0.25, 0.3) is 5.91 Å².